The second kappa shape index (κ2) is 6.42. The van der Waals surface area contributed by atoms with Crippen LogP contribution in [0.4, 0.5) is 18.0 Å². The highest BCUT2D eigenvalue weighted by molar-refractivity contribution is 5.94. The van der Waals surface area contributed by atoms with Crippen LogP contribution >= 0.6 is 0 Å². The van der Waals surface area contributed by atoms with Gasteiger partial charge in [0.25, 0.3) is 0 Å². The highest BCUT2D eigenvalue weighted by Crippen LogP contribution is 2.32. The number of hydrogen-bond acceptors (Lipinski definition) is 4. The van der Waals surface area contributed by atoms with Crippen molar-refractivity contribution in [2.75, 3.05) is 14.2 Å². The maximum atomic E-state index is 12.2. The van der Waals surface area contributed by atoms with Gasteiger partial charge in [0, 0.05) is 12.7 Å². The molecule has 1 aliphatic heterocycles. The average Bonchev–Trinajstić information content (AvgIpc) is 2.51. The smallest absolute Gasteiger partial charge is 0.466 e. The van der Waals surface area contributed by atoms with Crippen LogP contribution in [0.3, 0.4) is 0 Å². The van der Waals surface area contributed by atoms with Crippen LogP contribution < -0.4 is 10.1 Å². The van der Waals surface area contributed by atoms with Gasteiger partial charge in [-0.2, -0.15) is 0 Å². The number of nitrogens with one attached hydrogen (secondary N) is 1. The largest absolute Gasteiger partial charge is 0.573 e. The summed E-state index contributed by atoms with van der Waals surface area (Å²) in [6.07, 6.45) is -4.79. The van der Waals surface area contributed by atoms with Crippen LogP contribution in [0.15, 0.2) is 35.5 Å². The van der Waals surface area contributed by atoms with Crippen molar-refractivity contribution in [3.05, 3.63) is 41.1 Å². The van der Waals surface area contributed by atoms with Gasteiger partial charge in [-0.05, 0) is 24.6 Å². The molecule has 0 spiro atoms. The Morgan fingerprint density at radius 3 is 2.33 bits per heavy atom. The molecular formula is C15H15F3N2O4. The lowest BCUT2D eigenvalue weighted by Gasteiger charge is -2.33. The lowest BCUT2D eigenvalue weighted by molar-refractivity contribution is -0.274. The maximum Gasteiger partial charge on any atom is 0.573 e. The number of amides is 2. The number of rotatable bonds is 3. The van der Waals surface area contributed by atoms with Crippen molar-refractivity contribution >= 4 is 12.0 Å². The van der Waals surface area contributed by atoms with Crippen molar-refractivity contribution in [2.45, 2.75) is 19.3 Å². The number of ether oxygens (including phenoxy) is 2. The topological polar surface area (TPSA) is 67.9 Å². The SMILES string of the molecule is COC(=O)C1=C(C)N(C)C(=O)NC1c1ccc(OC(F)(F)F)cc1. The van der Waals surface area contributed by atoms with Crippen LogP contribution in [0.25, 0.3) is 0 Å². The van der Waals surface area contributed by atoms with Gasteiger partial charge < -0.3 is 19.7 Å². The Labute approximate surface area is 135 Å². The molecule has 24 heavy (non-hydrogen) atoms. The highest BCUT2D eigenvalue weighted by atomic mass is 19.4. The van der Waals surface area contributed by atoms with E-state index in [4.69, 9.17) is 4.74 Å². The summed E-state index contributed by atoms with van der Waals surface area (Å²) in [7, 11) is 2.69. The van der Waals surface area contributed by atoms with E-state index in [9.17, 15) is 22.8 Å². The number of esters is 1. The molecule has 1 aromatic carbocycles. The number of halogens is 3. The molecule has 1 aliphatic rings. The van der Waals surface area contributed by atoms with Crippen LogP contribution in [0.5, 0.6) is 5.75 Å². The lowest BCUT2D eigenvalue weighted by atomic mass is 9.95. The second-order valence-corrected chi connectivity index (χ2v) is 5.05. The summed E-state index contributed by atoms with van der Waals surface area (Å²) in [6.45, 7) is 1.58. The minimum Gasteiger partial charge on any atom is -0.466 e. The summed E-state index contributed by atoms with van der Waals surface area (Å²) in [5.41, 5.74) is 1.01. The van der Waals surface area contributed by atoms with E-state index in [2.05, 4.69) is 10.1 Å². The summed E-state index contributed by atoms with van der Waals surface area (Å²) in [5, 5.41) is 2.61. The van der Waals surface area contributed by atoms with Crippen molar-refractivity contribution in [1.29, 1.82) is 0 Å². The summed E-state index contributed by atoms with van der Waals surface area (Å²) >= 11 is 0. The molecule has 0 saturated carbocycles. The Kier molecular flexibility index (Phi) is 4.72. The third-order valence-corrected chi connectivity index (χ3v) is 3.61. The predicted molar refractivity (Wildman–Crippen MR) is 76.9 cm³/mol. The van der Waals surface area contributed by atoms with Gasteiger partial charge in [0.1, 0.15) is 5.75 Å². The zero-order chi connectivity index (χ0) is 18.1. The van der Waals surface area contributed by atoms with E-state index in [1.165, 1.54) is 31.2 Å². The molecule has 1 atom stereocenters. The van der Waals surface area contributed by atoms with Crippen molar-refractivity contribution in [3.63, 3.8) is 0 Å². The van der Waals surface area contributed by atoms with Crippen molar-refractivity contribution in [2.24, 2.45) is 0 Å². The number of carbonyl (C=O) groups is 2. The average molecular weight is 344 g/mol. The van der Waals surface area contributed by atoms with Gasteiger partial charge >= 0.3 is 18.4 Å². The summed E-state index contributed by atoms with van der Waals surface area (Å²) < 4.78 is 45.1. The molecule has 0 aliphatic carbocycles. The number of hydrogen-bond donors (Lipinski definition) is 1. The van der Waals surface area contributed by atoms with Crippen LogP contribution in [-0.4, -0.2) is 37.4 Å². The molecule has 0 radical (unpaired) electrons. The fourth-order valence-corrected chi connectivity index (χ4v) is 2.32. The normalized spacial score (nSPS) is 18.3. The first-order valence-electron chi connectivity index (χ1n) is 6.83. The van der Waals surface area contributed by atoms with E-state index in [0.29, 0.717) is 11.3 Å². The van der Waals surface area contributed by atoms with Gasteiger partial charge in [0.15, 0.2) is 0 Å². The van der Waals surface area contributed by atoms with Crippen LogP contribution in [0.1, 0.15) is 18.5 Å². The fourth-order valence-electron chi connectivity index (χ4n) is 2.32. The van der Waals surface area contributed by atoms with Gasteiger partial charge in [-0.15, -0.1) is 13.2 Å². The number of methoxy groups -OCH3 is 1. The van der Waals surface area contributed by atoms with Gasteiger partial charge in [0.2, 0.25) is 0 Å². The van der Waals surface area contributed by atoms with E-state index in [-0.39, 0.29) is 5.57 Å². The number of allylic oxidation sites excluding steroid dienone is 1. The first-order valence-corrected chi connectivity index (χ1v) is 6.83. The number of benzene rings is 1. The minimum absolute atomic E-state index is 0.198. The van der Waals surface area contributed by atoms with Crippen LogP contribution in [0.2, 0.25) is 0 Å². The van der Waals surface area contributed by atoms with Gasteiger partial charge in [0.05, 0.1) is 18.7 Å². The molecule has 0 aromatic heterocycles. The molecule has 1 N–H and O–H groups in total. The van der Waals surface area contributed by atoms with E-state index >= 15 is 0 Å². The third-order valence-electron chi connectivity index (χ3n) is 3.61. The van der Waals surface area contributed by atoms with E-state index < -0.39 is 30.2 Å². The van der Waals surface area contributed by atoms with Gasteiger partial charge in [-0.3, -0.25) is 0 Å². The Hall–Kier alpha value is -2.71. The molecule has 0 saturated heterocycles. The Morgan fingerprint density at radius 1 is 1.25 bits per heavy atom. The summed E-state index contributed by atoms with van der Waals surface area (Å²) in [5.74, 6) is -1.04. The maximum absolute atomic E-state index is 12.2. The summed E-state index contributed by atoms with van der Waals surface area (Å²) in [6, 6.07) is 3.62. The molecule has 1 unspecified atom stereocenters. The van der Waals surface area contributed by atoms with Gasteiger partial charge in [-0.1, -0.05) is 12.1 Å². The minimum atomic E-state index is -4.79. The molecular weight excluding hydrogens is 329 g/mol. The number of carbonyl (C=O) groups excluding carboxylic acids is 2. The summed E-state index contributed by atoms with van der Waals surface area (Å²) in [4.78, 5) is 25.2. The van der Waals surface area contributed by atoms with Crippen molar-refractivity contribution in [1.82, 2.24) is 10.2 Å². The lowest BCUT2D eigenvalue weighted by Crippen LogP contribution is -2.46. The van der Waals surface area contributed by atoms with Crippen LogP contribution in [0, 0.1) is 0 Å². The highest BCUT2D eigenvalue weighted by Gasteiger charge is 2.35. The number of alkyl halides is 3. The number of nitrogens with zero attached hydrogens (tertiary/aromatic N) is 1. The molecule has 0 bridgehead atoms. The Bertz CT molecular complexity index is 683. The molecule has 9 heteroatoms. The first-order chi connectivity index (χ1) is 11.1. The van der Waals surface area contributed by atoms with Gasteiger partial charge in [-0.25, -0.2) is 9.59 Å². The molecule has 0 fully saturated rings. The molecule has 2 rings (SSSR count). The molecule has 6 nitrogen and oxygen atoms in total. The van der Waals surface area contributed by atoms with Crippen LogP contribution in [-0.2, 0) is 9.53 Å². The molecule has 1 aromatic rings. The fraction of sp³-hybridized carbons (Fsp3) is 0.333. The standard InChI is InChI=1S/C15H15F3N2O4/c1-8-11(13(21)23-3)12(19-14(22)20(8)2)9-4-6-10(7-5-9)24-15(16,17)18/h4-7,12H,1-3H3,(H,19,22). The van der Waals surface area contributed by atoms with E-state index in [1.54, 1.807) is 6.92 Å². The molecule has 130 valence electrons. The monoisotopic (exact) mass is 344 g/mol. The van der Waals surface area contributed by atoms with E-state index in [1.807, 2.05) is 0 Å². The van der Waals surface area contributed by atoms with Crippen molar-refractivity contribution in [3.8, 4) is 5.75 Å². The quantitative estimate of drug-likeness (QED) is 0.856. The molecule has 1 heterocycles. The Balaban J connectivity index is 2.38. The predicted octanol–water partition coefficient (Wildman–Crippen LogP) is 2.73. The zero-order valence-electron chi connectivity index (χ0n) is 13.1. The van der Waals surface area contributed by atoms with E-state index in [0.717, 1.165) is 12.1 Å². The first kappa shape index (κ1) is 17.6. The third kappa shape index (κ3) is 3.61. The number of urea groups is 1. The Morgan fingerprint density at radius 2 is 1.83 bits per heavy atom. The molecule has 2 amide bonds. The second-order valence-electron chi connectivity index (χ2n) is 5.05. The zero-order valence-corrected chi connectivity index (χ0v) is 13.1. The van der Waals surface area contributed by atoms with Crippen molar-refractivity contribution < 1.29 is 32.2 Å².